The Kier molecular flexibility index (Phi) is 15.4. The minimum Gasteiger partial charge on any atom is -0.459 e. The fourth-order valence-electron chi connectivity index (χ4n) is 10.5. The summed E-state index contributed by atoms with van der Waals surface area (Å²) in [6.07, 6.45) is 10.9. The van der Waals surface area contributed by atoms with Gasteiger partial charge in [-0.15, -0.1) is 18.3 Å². The summed E-state index contributed by atoms with van der Waals surface area (Å²) >= 11 is 1.67. The number of hydrogen-bond acceptors (Lipinski definition) is 10. The highest BCUT2D eigenvalue weighted by Gasteiger charge is 2.65. The molecule has 1 heterocycles. The number of ether oxygens (including phenoxy) is 3. The maximum absolute atomic E-state index is 15.7. The Hall–Kier alpha value is -5.90. The van der Waals surface area contributed by atoms with Crippen molar-refractivity contribution in [1.82, 2.24) is 4.90 Å². The van der Waals surface area contributed by atoms with Crippen molar-refractivity contribution < 1.29 is 34.1 Å². The van der Waals surface area contributed by atoms with Gasteiger partial charge in [-0.1, -0.05) is 72.6 Å². The smallest absolute Gasteiger partial charge is 0.254 e. The number of nitrogens with zero attached hydrogens (tertiary/aromatic N) is 3. The summed E-state index contributed by atoms with van der Waals surface area (Å²) in [4.78, 5) is 25.1. The molecule has 0 unspecified atom stereocenters. The molecule has 1 amide bonds. The first-order chi connectivity index (χ1) is 33.0. The van der Waals surface area contributed by atoms with Gasteiger partial charge >= 0.3 is 0 Å². The first-order valence-electron chi connectivity index (χ1n) is 23.9. The molecule has 3 aliphatic rings. The maximum Gasteiger partial charge on any atom is 0.254 e. The molecule has 0 saturated heterocycles. The summed E-state index contributed by atoms with van der Waals surface area (Å²) < 4.78 is 21.5. The van der Waals surface area contributed by atoms with Crippen LogP contribution < -0.4 is 9.47 Å². The van der Waals surface area contributed by atoms with Gasteiger partial charge in [0.05, 0.1) is 29.9 Å². The Morgan fingerprint density at radius 1 is 0.941 bits per heavy atom. The molecule has 2 aliphatic carbocycles. The summed E-state index contributed by atoms with van der Waals surface area (Å²) in [6, 6.07) is 36.6. The number of carbonyl (C=O) groups is 1. The predicted molar refractivity (Wildman–Crippen MR) is 269 cm³/mol. The fraction of sp³-hybridized carbons (Fsp3) is 0.386. The topological polar surface area (TPSA) is 134 Å². The number of oxime groups is 1. The largest absolute Gasteiger partial charge is 0.459 e. The Morgan fingerprint density at radius 2 is 1.66 bits per heavy atom. The lowest BCUT2D eigenvalue weighted by molar-refractivity contribution is -0.255. The molecule has 5 aromatic carbocycles. The number of fused-ring (bicyclic) bond motifs is 3. The Labute approximate surface area is 405 Å². The maximum atomic E-state index is 15.7. The van der Waals surface area contributed by atoms with Gasteiger partial charge < -0.3 is 34.2 Å². The van der Waals surface area contributed by atoms with Crippen LogP contribution in [0.25, 0.3) is 10.8 Å². The Balaban J connectivity index is 1.38. The molecule has 0 aromatic heterocycles. The van der Waals surface area contributed by atoms with Crippen molar-refractivity contribution in [3.8, 4) is 23.3 Å². The third-order valence-electron chi connectivity index (χ3n) is 13.5. The number of aliphatic hydroxyl groups is 2. The molecule has 8 rings (SSSR count). The van der Waals surface area contributed by atoms with E-state index >= 15 is 4.79 Å². The van der Waals surface area contributed by atoms with Crippen molar-refractivity contribution in [3.05, 3.63) is 156 Å². The van der Waals surface area contributed by atoms with E-state index in [-0.39, 0.29) is 56.4 Å². The van der Waals surface area contributed by atoms with Gasteiger partial charge in [0.2, 0.25) is 5.79 Å². The number of nitriles is 1. The third-order valence-corrected chi connectivity index (χ3v) is 14.2. The number of hydrogen-bond donors (Lipinski definition) is 2. The number of unbranched alkanes of at least 4 members (excludes halogenated alkanes) is 2. The minimum absolute atomic E-state index is 0.0312. The first kappa shape index (κ1) is 48.6. The van der Waals surface area contributed by atoms with Gasteiger partial charge in [0.15, 0.2) is 0 Å². The highest BCUT2D eigenvalue weighted by atomic mass is 32.2. The molecule has 0 spiro atoms. The lowest BCUT2D eigenvalue weighted by Gasteiger charge is -2.60. The molecular formula is C57H63N3O7S. The van der Waals surface area contributed by atoms with E-state index in [1.807, 2.05) is 86.5 Å². The Morgan fingerprint density at radius 3 is 2.37 bits per heavy atom. The van der Waals surface area contributed by atoms with Crippen molar-refractivity contribution in [1.29, 1.82) is 5.26 Å². The van der Waals surface area contributed by atoms with E-state index in [2.05, 4.69) is 49.1 Å². The van der Waals surface area contributed by atoms with Gasteiger partial charge in [-0.3, -0.25) is 4.79 Å². The molecule has 1 saturated carbocycles. The van der Waals surface area contributed by atoms with Crippen LogP contribution in [0.15, 0.2) is 144 Å². The lowest BCUT2D eigenvalue weighted by Crippen LogP contribution is -2.70. The van der Waals surface area contributed by atoms with Gasteiger partial charge in [-0.2, -0.15) is 5.26 Å². The quantitative estimate of drug-likeness (QED) is 0.0359. The van der Waals surface area contributed by atoms with Gasteiger partial charge in [-0.25, -0.2) is 0 Å². The molecule has 1 aliphatic heterocycles. The number of carbonyl (C=O) groups excluding carboxylic acids is 1. The van der Waals surface area contributed by atoms with Crippen molar-refractivity contribution in [2.45, 2.75) is 101 Å². The number of thioether (sulfide) groups is 1. The molecule has 10 nitrogen and oxygen atoms in total. The van der Waals surface area contributed by atoms with Crippen LogP contribution in [0.3, 0.4) is 0 Å². The van der Waals surface area contributed by atoms with Gasteiger partial charge in [0.1, 0.15) is 28.9 Å². The van der Waals surface area contributed by atoms with E-state index < -0.39 is 23.3 Å². The van der Waals surface area contributed by atoms with Gasteiger partial charge in [-0.05, 0) is 153 Å². The zero-order valence-corrected chi connectivity index (χ0v) is 40.4. The summed E-state index contributed by atoms with van der Waals surface area (Å²) in [5, 5.41) is 37.0. The highest BCUT2D eigenvalue weighted by molar-refractivity contribution is 7.98. The molecule has 5 aromatic rings. The van der Waals surface area contributed by atoms with Crippen LogP contribution in [0.4, 0.5) is 0 Å². The highest BCUT2D eigenvalue weighted by Crippen LogP contribution is 2.62. The second-order valence-corrected chi connectivity index (χ2v) is 19.9. The predicted octanol–water partition coefficient (Wildman–Crippen LogP) is 12.0. The molecule has 68 heavy (non-hydrogen) atoms. The minimum atomic E-state index is -1.48. The summed E-state index contributed by atoms with van der Waals surface area (Å²) in [6.45, 7) is 10.5. The number of allylic oxidation sites excluding steroid dienone is 1. The van der Waals surface area contributed by atoms with Crippen molar-refractivity contribution >= 4 is 34.2 Å². The van der Waals surface area contributed by atoms with E-state index in [0.29, 0.717) is 46.9 Å². The molecule has 6 atom stereocenters. The molecule has 11 heteroatoms. The Bertz CT molecular complexity index is 2660. The number of amides is 1. The lowest BCUT2D eigenvalue weighted by atomic mass is 9.55. The average molecular weight is 934 g/mol. The standard InChI is InChI=1S/C57H63N3O7S/c1-6-32-64-57-52(60(55(63)40-22-20-38(36-58)21-23-40)37-42-17-13-16-39-14-7-8-18-46(39)42)35-50(59-67-56(2,3)4)48-33-41(15-9-11-30-61)47(19-10-12-31-62)53(54(48)57)49-34-44(26-29-51(49)66-57)65-43-24-27-45(68-5)28-25-43/h6-8,13-14,16-18,20-29,33-34,41,47,52-54,61-62H,1,9-12,15,19,30-32,35,37H2,2-5H3/t41-,47+,52-,53+,54+,57+/m0/s1. The SMILES string of the molecule is C=CCO[C@@]12Oc3ccc(Oc4ccc(SC)cc4)cc3[C@H]3[C@H](CCCCO)[C@@H](CCCCO)C=C(C(=NOC(C)(C)C)C[C@@H]1N(Cc1cccc4ccccc14)C(=O)c1ccc(C#N)cc1)[C@H]32. The average Bonchev–Trinajstić information content (AvgIpc) is 3.35. The molecule has 2 N–H and O–H groups in total. The van der Waals surface area contributed by atoms with Crippen molar-refractivity contribution in [2.24, 2.45) is 22.9 Å². The van der Waals surface area contributed by atoms with E-state index in [4.69, 9.17) is 24.2 Å². The van der Waals surface area contributed by atoms with Gasteiger partial charge in [0.25, 0.3) is 5.91 Å². The zero-order valence-electron chi connectivity index (χ0n) is 39.6. The van der Waals surface area contributed by atoms with Crippen molar-refractivity contribution in [2.75, 3.05) is 26.1 Å². The van der Waals surface area contributed by atoms with E-state index in [1.54, 1.807) is 42.1 Å². The number of rotatable bonds is 19. The molecule has 354 valence electrons. The molecule has 0 radical (unpaired) electrons. The molecular weight excluding hydrogens is 871 g/mol. The van der Waals surface area contributed by atoms with Crippen LogP contribution in [0.2, 0.25) is 0 Å². The van der Waals surface area contributed by atoms with E-state index in [9.17, 15) is 15.5 Å². The summed E-state index contributed by atoms with van der Waals surface area (Å²) in [7, 11) is 0. The van der Waals surface area contributed by atoms with Crippen LogP contribution in [-0.4, -0.2) is 70.2 Å². The van der Waals surface area contributed by atoms with E-state index in [1.165, 1.54) is 0 Å². The van der Waals surface area contributed by atoms with Crippen LogP contribution in [-0.2, 0) is 16.1 Å². The van der Waals surface area contributed by atoms with Crippen LogP contribution >= 0.6 is 11.8 Å². The normalized spacial score (nSPS) is 22.3. The van der Waals surface area contributed by atoms with Crippen LogP contribution in [0.5, 0.6) is 17.2 Å². The first-order valence-corrected chi connectivity index (χ1v) is 25.1. The summed E-state index contributed by atoms with van der Waals surface area (Å²) in [5.41, 5.74) is 3.82. The second kappa shape index (κ2) is 21.6. The van der Waals surface area contributed by atoms with Crippen LogP contribution in [0, 0.1) is 29.1 Å². The van der Waals surface area contributed by atoms with Crippen LogP contribution in [0.1, 0.15) is 98.7 Å². The fourth-order valence-corrected chi connectivity index (χ4v) is 10.9. The summed E-state index contributed by atoms with van der Waals surface area (Å²) in [5.74, 6) is -0.378. The monoisotopic (exact) mass is 933 g/mol. The number of benzene rings is 5. The zero-order chi connectivity index (χ0) is 47.8. The third kappa shape index (κ3) is 10.4. The van der Waals surface area contributed by atoms with Gasteiger partial charge in [0, 0.05) is 48.1 Å². The number of aliphatic hydroxyl groups excluding tert-OH is 2. The van der Waals surface area contributed by atoms with Crippen molar-refractivity contribution in [3.63, 3.8) is 0 Å². The van der Waals surface area contributed by atoms with E-state index in [0.717, 1.165) is 58.1 Å². The molecule has 1 fully saturated rings. The second-order valence-electron chi connectivity index (χ2n) is 19.0. The molecule has 0 bridgehead atoms.